The van der Waals surface area contributed by atoms with Gasteiger partial charge in [-0.1, -0.05) is 11.6 Å². The zero-order valence-electron chi connectivity index (χ0n) is 13.4. The minimum absolute atomic E-state index is 0.0648. The highest BCUT2D eigenvalue weighted by Gasteiger charge is 2.19. The molecule has 0 atom stereocenters. The minimum atomic E-state index is -0.507. The first kappa shape index (κ1) is 17.8. The molecule has 0 aliphatic rings. The number of anilines is 1. The summed E-state index contributed by atoms with van der Waals surface area (Å²) in [6, 6.07) is 11.3. The van der Waals surface area contributed by atoms with Crippen molar-refractivity contribution in [1.82, 2.24) is 4.98 Å². The molecule has 7 nitrogen and oxygen atoms in total. The summed E-state index contributed by atoms with van der Waals surface area (Å²) in [5.41, 5.74) is 0.386. The van der Waals surface area contributed by atoms with Crippen molar-refractivity contribution in [2.24, 2.45) is 0 Å². The maximum Gasteiger partial charge on any atom is 0.283 e. The maximum atomic E-state index is 12.2. The van der Waals surface area contributed by atoms with E-state index >= 15 is 0 Å². The van der Waals surface area contributed by atoms with Gasteiger partial charge in [0.15, 0.2) is 0 Å². The van der Waals surface area contributed by atoms with Crippen LogP contribution in [-0.4, -0.2) is 15.8 Å². The number of benzene rings is 1. The second kappa shape index (κ2) is 7.51. The van der Waals surface area contributed by atoms with Gasteiger partial charge in [-0.3, -0.25) is 14.9 Å². The Morgan fingerprint density at radius 1 is 1.27 bits per heavy atom. The van der Waals surface area contributed by atoms with Crippen LogP contribution < -0.4 is 10.1 Å². The van der Waals surface area contributed by atoms with E-state index in [-0.39, 0.29) is 10.6 Å². The third kappa shape index (κ3) is 4.16. The standard InChI is InChI=1S/C17H12ClN3O4S/c1-10-14(21(23)24)8-15(26-10)17(22)20-12-4-7-16(19-9-12)25-13-5-2-11(18)3-6-13/h2-9H,1H3,(H,20,22). The fourth-order valence-corrected chi connectivity index (χ4v) is 3.10. The molecule has 9 heteroatoms. The smallest absolute Gasteiger partial charge is 0.283 e. The Morgan fingerprint density at radius 3 is 2.58 bits per heavy atom. The Bertz CT molecular complexity index is 955. The summed E-state index contributed by atoms with van der Waals surface area (Å²) >= 11 is 6.88. The molecule has 0 saturated carbocycles. The number of ether oxygens (including phenoxy) is 1. The summed E-state index contributed by atoms with van der Waals surface area (Å²) < 4.78 is 5.57. The van der Waals surface area contributed by atoms with Crippen LogP contribution in [0.5, 0.6) is 11.6 Å². The van der Waals surface area contributed by atoms with E-state index < -0.39 is 10.8 Å². The molecule has 0 aliphatic carbocycles. The highest BCUT2D eigenvalue weighted by molar-refractivity contribution is 7.14. The molecule has 0 spiro atoms. The molecule has 0 unspecified atom stereocenters. The van der Waals surface area contributed by atoms with Crippen molar-refractivity contribution in [1.29, 1.82) is 0 Å². The van der Waals surface area contributed by atoms with Crippen LogP contribution in [0.15, 0.2) is 48.7 Å². The number of pyridine rings is 1. The summed E-state index contributed by atoms with van der Waals surface area (Å²) in [5.74, 6) is 0.507. The summed E-state index contributed by atoms with van der Waals surface area (Å²) in [6.45, 7) is 1.60. The zero-order chi connectivity index (χ0) is 18.7. The summed E-state index contributed by atoms with van der Waals surface area (Å²) in [6.07, 6.45) is 1.44. The number of hydrogen-bond acceptors (Lipinski definition) is 6. The highest BCUT2D eigenvalue weighted by atomic mass is 35.5. The van der Waals surface area contributed by atoms with Gasteiger partial charge in [0.1, 0.15) is 5.75 Å². The molecule has 1 N–H and O–H groups in total. The van der Waals surface area contributed by atoms with Crippen molar-refractivity contribution in [3.05, 3.63) is 73.6 Å². The number of thiophene rings is 1. The minimum Gasteiger partial charge on any atom is -0.439 e. The van der Waals surface area contributed by atoms with Crippen LogP contribution in [0.1, 0.15) is 14.5 Å². The molecule has 0 radical (unpaired) electrons. The zero-order valence-corrected chi connectivity index (χ0v) is 15.0. The Balaban J connectivity index is 1.67. The number of amides is 1. The van der Waals surface area contributed by atoms with E-state index in [4.69, 9.17) is 16.3 Å². The predicted octanol–water partition coefficient (Wildman–Crippen LogP) is 5.06. The van der Waals surface area contributed by atoms with E-state index in [1.165, 1.54) is 12.3 Å². The average Bonchev–Trinajstić information content (AvgIpc) is 3.01. The number of carbonyl (C=O) groups is 1. The van der Waals surface area contributed by atoms with E-state index in [0.29, 0.717) is 27.2 Å². The van der Waals surface area contributed by atoms with Gasteiger partial charge in [-0.2, -0.15) is 0 Å². The van der Waals surface area contributed by atoms with Gasteiger partial charge in [0.05, 0.1) is 26.6 Å². The fraction of sp³-hybridized carbons (Fsp3) is 0.0588. The van der Waals surface area contributed by atoms with Crippen LogP contribution in [0.2, 0.25) is 5.02 Å². The Labute approximate surface area is 157 Å². The monoisotopic (exact) mass is 389 g/mol. The van der Waals surface area contributed by atoms with Crippen LogP contribution in [0.3, 0.4) is 0 Å². The van der Waals surface area contributed by atoms with Gasteiger partial charge in [0, 0.05) is 17.2 Å². The fourth-order valence-electron chi connectivity index (χ4n) is 2.10. The van der Waals surface area contributed by atoms with Gasteiger partial charge in [0.25, 0.3) is 11.6 Å². The first-order valence-corrected chi connectivity index (χ1v) is 8.57. The van der Waals surface area contributed by atoms with E-state index in [2.05, 4.69) is 10.3 Å². The first-order chi connectivity index (χ1) is 12.4. The molecule has 1 aromatic carbocycles. The number of aryl methyl sites for hydroxylation is 1. The lowest BCUT2D eigenvalue weighted by Crippen LogP contribution is -2.10. The van der Waals surface area contributed by atoms with E-state index in [1.807, 2.05) is 0 Å². The Morgan fingerprint density at radius 2 is 2.00 bits per heavy atom. The first-order valence-electron chi connectivity index (χ1n) is 7.38. The number of aromatic nitrogens is 1. The quantitative estimate of drug-likeness (QED) is 0.486. The van der Waals surface area contributed by atoms with Crippen molar-refractivity contribution < 1.29 is 14.5 Å². The average molecular weight is 390 g/mol. The normalized spacial score (nSPS) is 10.4. The SMILES string of the molecule is Cc1sc(C(=O)Nc2ccc(Oc3ccc(Cl)cc3)nc2)cc1[N+](=O)[O-]. The van der Waals surface area contributed by atoms with Gasteiger partial charge >= 0.3 is 0 Å². The number of nitrogens with one attached hydrogen (secondary N) is 1. The van der Waals surface area contributed by atoms with Crippen LogP contribution >= 0.6 is 22.9 Å². The van der Waals surface area contributed by atoms with Gasteiger partial charge in [0.2, 0.25) is 5.88 Å². The lowest BCUT2D eigenvalue weighted by molar-refractivity contribution is -0.385. The van der Waals surface area contributed by atoms with Crippen molar-refractivity contribution in [2.75, 3.05) is 5.32 Å². The Hall–Kier alpha value is -2.97. The molecule has 132 valence electrons. The molecule has 3 rings (SSSR count). The van der Waals surface area contributed by atoms with Crippen LogP contribution in [-0.2, 0) is 0 Å². The third-order valence-corrected chi connectivity index (χ3v) is 4.63. The van der Waals surface area contributed by atoms with Crippen molar-refractivity contribution in [3.8, 4) is 11.6 Å². The van der Waals surface area contributed by atoms with Gasteiger partial charge in [-0.15, -0.1) is 11.3 Å². The number of carbonyl (C=O) groups excluding carboxylic acids is 1. The van der Waals surface area contributed by atoms with Crippen molar-refractivity contribution in [3.63, 3.8) is 0 Å². The van der Waals surface area contributed by atoms with E-state index in [1.54, 1.807) is 43.3 Å². The van der Waals surface area contributed by atoms with Crippen LogP contribution in [0.25, 0.3) is 0 Å². The van der Waals surface area contributed by atoms with Crippen LogP contribution in [0.4, 0.5) is 11.4 Å². The number of hydrogen-bond donors (Lipinski definition) is 1. The van der Waals surface area contributed by atoms with Crippen molar-refractivity contribution in [2.45, 2.75) is 6.92 Å². The lowest BCUT2D eigenvalue weighted by Gasteiger charge is -2.06. The molecular weight excluding hydrogens is 378 g/mol. The van der Waals surface area contributed by atoms with E-state index in [0.717, 1.165) is 11.3 Å². The largest absolute Gasteiger partial charge is 0.439 e. The number of nitrogens with zero attached hydrogens (tertiary/aromatic N) is 2. The van der Waals surface area contributed by atoms with Crippen LogP contribution in [0, 0.1) is 17.0 Å². The Kier molecular flexibility index (Phi) is 5.15. The van der Waals surface area contributed by atoms with E-state index in [9.17, 15) is 14.9 Å². The van der Waals surface area contributed by atoms with Gasteiger partial charge in [-0.25, -0.2) is 4.98 Å². The summed E-state index contributed by atoms with van der Waals surface area (Å²) in [5, 5.41) is 14.1. The van der Waals surface area contributed by atoms with Gasteiger partial charge in [-0.05, 0) is 37.3 Å². The highest BCUT2D eigenvalue weighted by Crippen LogP contribution is 2.29. The maximum absolute atomic E-state index is 12.2. The molecule has 0 bridgehead atoms. The number of halogens is 1. The molecular formula is C17H12ClN3O4S. The second-order valence-corrected chi connectivity index (χ2v) is 6.90. The van der Waals surface area contributed by atoms with Gasteiger partial charge < -0.3 is 10.1 Å². The number of nitro groups is 1. The second-order valence-electron chi connectivity index (χ2n) is 5.20. The molecule has 0 saturated heterocycles. The topological polar surface area (TPSA) is 94.4 Å². The molecule has 2 aromatic heterocycles. The molecule has 3 aromatic rings. The molecule has 0 aliphatic heterocycles. The summed E-state index contributed by atoms with van der Waals surface area (Å²) in [7, 11) is 0. The molecule has 26 heavy (non-hydrogen) atoms. The molecule has 0 fully saturated rings. The summed E-state index contributed by atoms with van der Waals surface area (Å²) in [4.78, 5) is 27.4. The van der Waals surface area contributed by atoms with Crippen molar-refractivity contribution >= 4 is 40.2 Å². The third-order valence-electron chi connectivity index (χ3n) is 3.34. The molecule has 2 heterocycles. The lowest BCUT2D eigenvalue weighted by atomic mass is 10.3. The number of rotatable bonds is 5. The predicted molar refractivity (Wildman–Crippen MR) is 99.4 cm³/mol. The molecule has 1 amide bonds.